The number of benzene rings is 1. The predicted molar refractivity (Wildman–Crippen MR) is 89.1 cm³/mol. The first-order chi connectivity index (χ1) is 10.7. The fourth-order valence-electron chi connectivity index (χ4n) is 4.00. The highest BCUT2D eigenvalue weighted by atomic mass is 15.3. The fraction of sp³-hybridized carbons (Fsp3) is 0.474. The lowest BCUT2D eigenvalue weighted by atomic mass is 9.83. The van der Waals surface area contributed by atoms with E-state index in [9.17, 15) is 0 Å². The summed E-state index contributed by atoms with van der Waals surface area (Å²) in [6.07, 6.45) is 4.79. The van der Waals surface area contributed by atoms with Crippen LogP contribution in [0.25, 0.3) is 0 Å². The van der Waals surface area contributed by atoms with Gasteiger partial charge in [-0.2, -0.15) is 0 Å². The minimum Gasteiger partial charge on any atom is -0.349 e. The van der Waals surface area contributed by atoms with Crippen molar-refractivity contribution in [1.29, 1.82) is 0 Å². The van der Waals surface area contributed by atoms with E-state index in [1.165, 1.54) is 35.5 Å². The second-order valence-corrected chi connectivity index (χ2v) is 6.71. The van der Waals surface area contributed by atoms with Crippen LogP contribution >= 0.6 is 0 Å². The zero-order valence-corrected chi connectivity index (χ0v) is 13.4. The van der Waals surface area contributed by atoms with Crippen molar-refractivity contribution >= 4 is 5.82 Å². The molecule has 0 spiro atoms. The molecule has 0 amide bonds. The van der Waals surface area contributed by atoms with E-state index in [0.717, 1.165) is 25.2 Å². The second kappa shape index (κ2) is 5.38. The first-order valence-corrected chi connectivity index (χ1v) is 8.42. The number of aryl methyl sites for hydroxylation is 2. The topological polar surface area (TPSA) is 29.0 Å². The van der Waals surface area contributed by atoms with Gasteiger partial charge in [-0.25, -0.2) is 9.97 Å². The van der Waals surface area contributed by atoms with Crippen LogP contribution in [0.5, 0.6) is 0 Å². The van der Waals surface area contributed by atoms with E-state index in [1.54, 1.807) is 0 Å². The Kier molecular flexibility index (Phi) is 3.36. The van der Waals surface area contributed by atoms with Gasteiger partial charge in [0.25, 0.3) is 0 Å². The molecule has 3 nitrogen and oxygen atoms in total. The van der Waals surface area contributed by atoms with Crippen molar-refractivity contribution < 1.29 is 0 Å². The van der Waals surface area contributed by atoms with Crippen molar-refractivity contribution in [3.63, 3.8) is 0 Å². The minimum atomic E-state index is 0.460. The summed E-state index contributed by atoms with van der Waals surface area (Å²) in [5.41, 5.74) is 4.10. The molecule has 2 atom stereocenters. The van der Waals surface area contributed by atoms with Crippen LogP contribution in [0.2, 0.25) is 0 Å². The Morgan fingerprint density at radius 1 is 1.05 bits per heavy atom. The molecule has 0 radical (unpaired) electrons. The van der Waals surface area contributed by atoms with Crippen LogP contribution in [0.1, 0.15) is 48.5 Å². The summed E-state index contributed by atoms with van der Waals surface area (Å²) in [5, 5.41) is 0. The van der Waals surface area contributed by atoms with Gasteiger partial charge in [-0.3, -0.25) is 0 Å². The quantitative estimate of drug-likeness (QED) is 0.842. The summed E-state index contributed by atoms with van der Waals surface area (Å²) in [4.78, 5) is 12.0. The molecule has 2 aromatic rings. The predicted octanol–water partition coefficient (Wildman–Crippen LogP) is 3.86. The van der Waals surface area contributed by atoms with Gasteiger partial charge >= 0.3 is 0 Å². The highest BCUT2D eigenvalue weighted by Crippen LogP contribution is 2.43. The average molecular weight is 293 g/mol. The summed E-state index contributed by atoms with van der Waals surface area (Å²) in [6, 6.07) is 11.3. The molecular formula is C19H23N3. The summed E-state index contributed by atoms with van der Waals surface area (Å²) in [7, 11) is 0. The van der Waals surface area contributed by atoms with Crippen LogP contribution in [-0.4, -0.2) is 16.5 Å². The molecule has 1 aliphatic heterocycles. The molecule has 22 heavy (non-hydrogen) atoms. The zero-order valence-electron chi connectivity index (χ0n) is 13.4. The third kappa shape index (κ3) is 2.20. The molecule has 2 aliphatic rings. The summed E-state index contributed by atoms with van der Waals surface area (Å²) in [5.74, 6) is 2.80. The first kappa shape index (κ1) is 13.7. The number of fused-ring (bicyclic) bond motifs is 1. The Balaban J connectivity index is 1.74. The van der Waals surface area contributed by atoms with Crippen LogP contribution in [0.15, 0.2) is 30.3 Å². The molecule has 114 valence electrons. The molecule has 3 heteroatoms. The highest BCUT2D eigenvalue weighted by molar-refractivity contribution is 5.55. The van der Waals surface area contributed by atoms with Crippen LogP contribution in [-0.2, 0) is 12.8 Å². The van der Waals surface area contributed by atoms with Gasteiger partial charge in [0.2, 0.25) is 0 Å². The maximum atomic E-state index is 4.83. The van der Waals surface area contributed by atoms with E-state index in [0.29, 0.717) is 12.0 Å². The smallest absolute Gasteiger partial charge is 0.136 e. The van der Waals surface area contributed by atoms with E-state index in [2.05, 4.69) is 42.2 Å². The normalized spacial score (nSPS) is 23.8. The monoisotopic (exact) mass is 293 g/mol. The van der Waals surface area contributed by atoms with Crippen molar-refractivity contribution in [1.82, 2.24) is 9.97 Å². The van der Waals surface area contributed by atoms with Gasteiger partial charge in [-0.05, 0) is 44.1 Å². The van der Waals surface area contributed by atoms with Gasteiger partial charge in [0.05, 0.1) is 6.04 Å². The van der Waals surface area contributed by atoms with Crippen molar-refractivity contribution in [2.75, 3.05) is 11.4 Å². The Bertz CT molecular complexity index is 681. The van der Waals surface area contributed by atoms with Gasteiger partial charge in [0.15, 0.2) is 0 Å². The summed E-state index contributed by atoms with van der Waals surface area (Å²) >= 11 is 0. The number of rotatable bonds is 2. The Hall–Kier alpha value is -1.90. The largest absolute Gasteiger partial charge is 0.349 e. The Labute approximate surface area is 132 Å². The number of hydrogen-bond acceptors (Lipinski definition) is 3. The number of aromatic nitrogens is 2. The van der Waals surface area contributed by atoms with Crippen LogP contribution in [0, 0.1) is 12.8 Å². The van der Waals surface area contributed by atoms with E-state index >= 15 is 0 Å². The van der Waals surface area contributed by atoms with E-state index in [4.69, 9.17) is 9.97 Å². The van der Waals surface area contributed by atoms with Crippen LogP contribution in [0.4, 0.5) is 5.82 Å². The van der Waals surface area contributed by atoms with Crippen molar-refractivity contribution in [3.05, 3.63) is 53.0 Å². The lowest BCUT2D eigenvalue weighted by Crippen LogP contribution is -2.49. The molecule has 4 rings (SSSR count). The molecule has 1 aromatic heterocycles. The van der Waals surface area contributed by atoms with Gasteiger partial charge in [0, 0.05) is 17.8 Å². The molecule has 2 heterocycles. The lowest BCUT2D eigenvalue weighted by molar-refractivity contribution is 0.320. The maximum absolute atomic E-state index is 4.83. The van der Waals surface area contributed by atoms with Gasteiger partial charge in [0.1, 0.15) is 11.6 Å². The van der Waals surface area contributed by atoms with Crippen LogP contribution < -0.4 is 4.90 Å². The van der Waals surface area contributed by atoms with Crippen molar-refractivity contribution in [2.45, 2.75) is 45.6 Å². The highest BCUT2D eigenvalue weighted by Gasteiger charge is 2.39. The molecular weight excluding hydrogens is 270 g/mol. The summed E-state index contributed by atoms with van der Waals surface area (Å²) < 4.78 is 0. The van der Waals surface area contributed by atoms with Gasteiger partial charge < -0.3 is 4.90 Å². The second-order valence-electron chi connectivity index (χ2n) is 6.71. The number of nitrogens with zero attached hydrogens (tertiary/aromatic N) is 3. The Morgan fingerprint density at radius 2 is 1.82 bits per heavy atom. The molecule has 1 aliphatic carbocycles. The number of anilines is 1. The standard InChI is InChI=1S/C19H23N3/c1-13-12-22(18(13)15-8-4-3-5-9-15)19-16-10-6-7-11-17(16)20-14(2)21-19/h3-5,8-9,13,18H,6-7,10-12H2,1-2H3. The molecule has 1 fully saturated rings. The molecule has 0 saturated carbocycles. The SMILES string of the molecule is Cc1nc2c(c(N3CC(C)C3c3ccccc3)n1)CCCC2. The van der Waals surface area contributed by atoms with E-state index < -0.39 is 0 Å². The van der Waals surface area contributed by atoms with Crippen molar-refractivity contribution in [3.8, 4) is 0 Å². The third-order valence-electron chi connectivity index (χ3n) is 5.05. The zero-order chi connectivity index (χ0) is 15.1. The third-order valence-corrected chi connectivity index (χ3v) is 5.05. The molecule has 2 unspecified atom stereocenters. The summed E-state index contributed by atoms with van der Waals surface area (Å²) in [6.45, 7) is 5.47. The van der Waals surface area contributed by atoms with Crippen molar-refractivity contribution in [2.24, 2.45) is 5.92 Å². The molecule has 0 N–H and O–H groups in total. The molecule has 0 bridgehead atoms. The lowest BCUT2D eigenvalue weighted by Gasteiger charge is -2.49. The van der Waals surface area contributed by atoms with Crippen LogP contribution in [0.3, 0.4) is 0 Å². The maximum Gasteiger partial charge on any atom is 0.136 e. The number of hydrogen-bond donors (Lipinski definition) is 0. The molecule has 1 aromatic carbocycles. The van der Waals surface area contributed by atoms with E-state index in [1.807, 2.05) is 6.92 Å². The fourth-order valence-corrected chi connectivity index (χ4v) is 4.00. The Morgan fingerprint density at radius 3 is 2.59 bits per heavy atom. The van der Waals surface area contributed by atoms with Gasteiger partial charge in [-0.1, -0.05) is 37.3 Å². The molecule has 1 saturated heterocycles. The average Bonchev–Trinajstić information content (AvgIpc) is 2.52. The first-order valence-electron chi connectivity index (χ1n) is 8.42. The van der Waals surface area contributed by atoms with Gasteiger partial charge in [-0.15, -0.1) is 0 Å². The minimum absolute atomic E-state index is 0.460. The van der Waals surface area contributed by atoms with E-state index in [-0.39, 0.29) is 0 Å².